The molecule has 0 bridgehead atoms. The molecule has 156 valence electrons. The molecule has 3 aromatic rings. The summed E-state index contributed by atoms with van der Waals surface area (Å²) < 4.78 is 16.0. The van der Waals surface area contributed by atoms with Gasteiger partial charge in [-0.25, -0.2) is 0 Å². The number of hydrogen-bond acceptors (Lipinski definition) is 4. The molecule has 3 aromatic carbocycles. The van der Waals surface area contributed by atoms with Gasteiger partial charge in [-0.1, -0.05) is 60.7 Å². The Balaban J connectivity index is 1.74. The molecule has 3 N–H and O–H groups in total. The van der Waals surface area contributed by atoms with Gasteiger partial charge in [0.25, 0.3) is 5.91 Å². The predicted octanol–water partition coefficient (Wildman–Crippen LogP) is 3.00. The molecular weight excluding hydrogens is 380 g/mol. The number of amides is 1. The van der Waals surface area contributed by atoms with E-state index in [1.165, 1.54) is 0 Å². The monoisotopic (exact) mass is 407 g/mol. The lowest BCUT2D eigenvalue weighted by Gasteiger charge is -2.17. The topological polar surface area (TPSA) is 73.4 Å². The van der Waals surface area contributed by atoms with Gasteiger partial charge in [-0.2, -0.15) is 0 Å². The highest BCUT2D eigenvalue weighted by atomic mass is 16.5. The molecule has 3 rings (SSSR count). The number of nitrogens with two attached hydrogens (primary N) is 1. The third-order valence-electron chi connectivity index (χ3n) is 4.80. The van der Waals surface area contributed by atoms with Crippen molar-refractivity contribution in [3.8, 4) is 17.2 Å². The van der Waals surface area contributed by atoms with Crippen molar-refractivity contribution in [2.24, 2.45) is 0 Å². The zero-order valence-electron chi connectivity index (χ0n) is 17.4. The Morgan fingerprint density at radius 1 is 0.833 bits per heavy atom. The maximum absolute atomic E-state index is 12.7. The molecule has 0 aliphatic heterocycles. The largest absolute Gasteiger partial charge is 0.493 e. The van der Waals surface area contributed by atoms with Crippen molar-refractivity contribution in [1.29, 1.82) is 0 Å². The molecule has 0 saturated carbocycles. The van der Waals surface area contributed by atoms with E-state index in [0.29, 0.717) is 22.9 Å². The van der Waals surface area contributed by atoms with Crippen LogP contribution < -0.4 is 24.8 Å². The van der Waals surface area contributed by atoms with E-state index in [2.05, 4.69) is 29.6 Å². The fourth-order valence-corrected chi connectivity index (χ4v) is 3.38. The highest BCUT2D eigenvalue weighted by Crippen LogP contribution is 2.39. The lowest BCUT2D eigenvalue weighted by Crippen LogP contribution is -2.87. The first-order valence-corrected chi connectivity index (χ1v) is 9.69. The van der Waals surface area contributed by atoms with E-state index in [9.17, 15) is 4.79 Å². The summed E-state index contributed by atoms with van der Waals surface area (Å²) in [6, 6.07) is 23.8. The highest BCUT2D eigenvalue weighted by molar-refractivity contribution is 5.92. The van der Waals surface area contributed by atoms with Gasteiger partial charge < -0.3 is 24.8 Å². The van der Waals surface area contributed by atoms with E-state index in [-0.39, 0.29) is 18.5 Å². The summed E-state index contributed by atoms with van der Waals surface area (Å²) in [4.78, 5) is 12.7. The van der Waals surface area contributed by atoms with E-state index in [0.717, 1.165) is 11.1 Å². The van der Waals surface area contributed by atoms with Crippen LogP contribution in [0.5, 0.6) is 17.2 Å². The molecule has 0 aromatic heterocycles. The fourth-order valence-electron chi connectivity index (χ4n) is 3.38. The predicted molar refractivity (Wildman–Crippen MR) is 116 cm³/mol. The summed E-state index contributed by atoms with van der Waals surface area (Å²) in [5.74, 6) is 1.34. The molecule has 0 spiro atoms. The van der Waals surface area contributed by atoms with Gasteiger partial charge in [0, 0.05) is 28.9 Å². The average Bonchev–Trinajstić information content (AvgIpc) is 2.80. The Morgan fingerprint density at radius 3 is 1.77 bits per heavy atom. The third-order valence-corrected chi connectivity index (χ3v) is 4.80. The lowest BCUT2D eigenvalue weighted by molar-refractivity contribution is -0.676. The standard InChI is InChI=1S/C24H26N2O4/c1-28-20-14-19(15-21(29-2)24(20)30-3)26-22(27)16-25-23(17-10-6-4-7-11-17)18-12-8-5-9-13-18/h4-15,23,25H,16H2,1-3H3,(H,26,27)/p+1. The Morgan fingerprint density at radius 2 is 1.33 bits per heavy atom. The van der Waals surface area contributed by atoms with Gasteiger partial charge in [-0.05, 0) is 0 Å². The Kier molecular flexibility index (Phi) is 7.29. The van der Waals surface area contributed by atoms with Gasteiger partial charge in [0.2, 0.25) is 5.75 Å². The van der Waals surface area contributed by atoms with E-state index in [1.807, 2.05) is 41.7 Å². The minimum absolute atomic E-state index is 0.0260. The number of nitrogens with one attached hydrogen (secondary N) is 1. The molecule has 6 heteroatoms. The van der Waals surface area contributed by atoms with Gasteiger partial charge in [-0.15, -0.1) is 0 Å². The van der Waals surface area contributed by atoms with Gasteiger partial charge in [0.05, 0.1) is 21.3 Å². The summed E-state index contributed by atoms with van der Waals surface area (Å²) in [5, 5.41) is 4.94. The summed E-state index contributed by atoms with van der Waals surface area (Å²) in [6.45, 7) is 0.255. The number of hydrogen-bond donors (Lipinski definition) is 2. The highest BCUT2D eigenvalue weighted by Gasteiger charge is 2.19. The van der Waals surface area contributed by atoms with Crippen LogP contribution in [0.2, 0.25) is 0 Å². The van der Waals surface area contributed by atoms with Gasteiger partial charge in [0.15, 0.2) is 18.0 Å². The first-order valence-electron chi connectivity index (χ1n) is 9.69. The van der Waals surface area contributed by atoms with Crippen molar-refractivity contribution in [2.45, 2.75) is 6.04 Å². The SMILES string of the molecule is COc1cc(NC(=O)C[NH2+]C(c2ccccc2)c2ccccc2)cc(OC)c1OC. The summed E-state index contributed by atoms with van der Waals surface area (Å²) in [7, 11) is 4.63. The number of carbonyl (C=O) groups is 1. The molecular formula is C24H27N2O4+. The number of benzene rings is 3. The molecule has 0 radical (unpaired) electrons. The third kappa shape index (κ3) is 5.10. The van der Waals surface area contributed by atoms with E-state index in [1.54, 1.807) is 33.5 Å². The smallest absolute Gasteiger partial charge is 0.279 e. The zero-order chi connectivity index (χ0) is 21.3. The molecule has 0 atom stereocenters. The average molecular weight is 407 g/mol. The normalized spacial score (nSPS) is 10.5. The lowest BCUT2D eigenvalue weighted by atomic mass is 9.99. The van der Waals surface area contributed by atoms with Crippen LogP contribution in [0.15, 0.2) is 72.8 Å². The first-order chi connectivity index (χ1) is 14.7. The maximum Gasteiger partial charge on any atom is 0.279 e. The molecule has 0 aliphatic rings. The van der Waals surface area contributed by atoms with Gasteiger partial charge in [0.1, 0.15) is 6.04 Å². The minimum Gasteiger partial charge on any atom is -0.493 e. The van der Waals surface area contributed by atoms with Crippen molar-refractivity contribution in [2.75, 3.05) is 33.2 Å². The fraction of sp³-hybridized carbons (Fsp3) is 0.208. The van der Waals surface area contributed by atoms with Crippen molar-refractivity contribution < 1.29 is 24.3 Å². The van der Waals surface area contributed by atoms with Crippen LogP contribution in [0.4, 0.5) is 5.69 Å². The Labute approximate surface area is 176 Å². The number of quaternary nitrogens is 1. The van der Waals surface area contributed by atoms with E-state index in [4.69, 9.17) is 14.2 Å². The summed E-state index contributed by atoms with van der Waals surface area (Å²) in [5.41, 5.74) is 2.87. The molecule has 0 heterocycles. The van der Waals surface area contributed by atoms with Crippen LogP contribution in [0.25, 0.3) is 0 Å². The van der Waals surface area contributed by atoms with Crippen LogP contribution in [0.1, 0.15) is 17.2 Å². The Bertz CT molecular complexity index is 897. The number of anilines is 1. The number of ether oxygens (including phenoxy) is 3. The van der Waals surface area contributed by atoms with Crippen molar-refractivity contribution >= 4 is 11.6 Å². The van der Waals surface area contributed by atoms with Crippen LogP contribution >= 0.6 is 0 Å². The second-order valence-corrected chi connectivity index (χ2v) is 6.70. The molecule has 0 unspecified atom stereocenters. The summed E-state index contributed by atoms with van der Waals surface area (Å²) in [6.07, 6.45) is 0. The van der Waals surface area contributed by atoms with Crippen molar-refractivity contribution in [3.05, 3.63) is 83.9 Å². The summed E-state index contributed by atoms with van der Waals surface area (Å²) >= 11 is 0. The van der Waals surface area contributed by atoms with Crippen molar-refractivity contribution in [1.82, 2.24) is 0 Å². The Hall–Kier alpha value is -3.51. The zero-order valence-corrected chi connectivity index (χ0v) is 17.4. The molecule has 0 aliphatic carbocycles. The molecule has 1 amide bonds. The second kappa shape index (κ2) is 10.3. The van der Waals surface area contributed by atoms with Crippen molar-refractivity contribution in [3.63, 3.8) is 0 Å². The number of methoxy groups -OCH3 is 3. The van der Waals surface area contributed by atoms with E-state index >= 15 is 0 Å². The quantitative estimate of drug-likeness (QED) is 0.572. The molecule has 0 saturated heterocycles. The van der Waals surface area contributed by atoms with Gasteiger partial charge in [-0.3, -0.25) is 4.79 Å². The van der Waals surface area contributed by atoms with Crippen LogP contribution in [-0.2, 0) is 4.79 Å². The molecule has 6 nitrogen and oxygen atoms in total. The molecule has 0 fully saturated rings. The maximum atomic E-state index is 12.7. The van der Waals surface area contributed by atoms with Crippen LogP contribution in [0, 0.1) is 0 Å². The van der Waals surface area contributed by atoms with E-state index < -0.39 is 0 Å². The number of rotatable bonds is 9. The second-order valence-electron chi connectivity index (χ2n) is 6.70. The number of carbonyl (C=O) groups excluding carboxylic acids is 1. The van der Waals surface area contributed by atoms with Gasteiger partial charge >= 0.3 is 0 Å². The first kappa shape index (κ1) is 21.2. The van der Waals surface area contributed by atoms with Crippen LogP contribution in [-0.4, -0.2) is 33.8 Å². The minimum atomic E-state index is -0.124. The van der Waals surface area contributed by atoms with Crippen LogP contribution in [0.3, 0.4) is 0 Å². The molecule has 30 heavy (non-hydrogen) atoms.